The second kappa shape index (κ2) is 6.15. The Morgan fingerprint density at radius 2 is 2.25 bits per heavy atom. The van der Waals surface area contributed by atoms with Crippen molar-refractivity contribution in [2.24, 2.45) is 10.7 Å². The Hall–Kier alpha value is -1.52. The minimum Gasteiger partial charge on any atom is -0.370 e. The molecule has 0 aromatic carbocycles. The van der Waals surface area contributed by atoms with E-state index in [1.165, 1.54) is 0 Å². The quantitative estimate of drug-likeness (QED) is 0.581. The second-order valence-electron chi connectivity index (χ2n) is 3.75. The van der Waals surface area contributed by atoms with E-state index < -0.39 is 0 Å². The molecular weight excluding hydrogens is 204 g/mol. The summed E-state index contributed by atoms with van der Waals surface area (Å²) in [5.74, 6) is 1.39. The Morgan fingerprint density at radius 3 is 2.81 bits per heavy atom. The van der Waals surface area contributed by atoms with E-state index in [1.54, 1.807) is 0 Å². The van der Waals surface area contributed by atoms with Crippen LogP contribution in [0.4, 0.5) is 0 Å². The molecule has 0 bridgehead atoms. The lowest BCUT2D eigenvalue weighted by Crippen LogP contribution is -2.33. The Morgan fingerprint density at radius 1 is 1.50 bits per heavy atom. The summed E-state index contributed by atoms with van der Waals surface area (Å²) in [5, 5.41) is 6.97. The highest BCUT2D eigenvalue weighted by atomic mass is 16.5. The number of guanidine groups is 1. The average Bonchev–Trinajstić information content (AvgIpc) is 2.57. The van der Waals surface area contributed by atoms with Crippen LogP contribution in [0.1, 0.15) is 30.4 Å². The second-order valence-corrected chi connectivity index (χ2v) is 3.75. The number of rotatable bonds is 5. The molecule has 0 aliphatic rings. The molecule has 0 saturated heterocycles. The molecule has 0 spiro atoms. The highest BCUT2D eigenvalue weighted by Gasteiger charge is 2.07. The predicted octanol–water partition coefficient (Wildman–Crippen LogP) is 1.15. The van der Waals surface area contributed by atoms with Crippen LogP contribution < -0.4 is 11.1 Å². The van der Waals surface area contributed by atoms with Gasteiger partial charge < -0.3 is 15.6 Å². The SMILES string of the molecule is CCCN=C(N)NCCc1c(C)noc1C. The summed E-state index contributed by atoms with van der Waals surface area (Å²) in [7, 11) is 0. The maximum Gasteiger partial charge on any atom is 0.188 e. The molecule has 0 saturated carbocycles. The number of nitrogens with zero attached hydrogens (tertiary/aromatic N) is 2. The van der Waals surface area contributed by atoms with Crippen molar-refractivity contribution >= 4 is 5.96 Å². The highest BCUT2D eigenvalue weighted by molar-refractivity contribution is 5.77. The van der Waals surface area contributed by atoms with E-state index in [1.807, 2.05) is 13.8 Å². The third kappa shape index (κ3) is 3.56. The van der Waals surface area contributed by atoms with Gasteiger partial charge in [0.25, 0.3) is 0 Å². The van der Waals surface area contributed by atoms with Crippen LogP contribution in [-0.4, -0.2) is 24.2 Å². The number of aromatic nitrogens is 1. The van der Waals surface area contributed by atoms with Gasteiger partial charge in [0.2, 0.25) is 0 Å². The largest absolute Gasteiger partial charge is 0.370 e. The summed E-state index contributed by atoms with van der Waals surface area (Å²) < 4.78 is 5.08. The summed E-state index contributed by atoms with van der Waals surface area (Å²) >= 11 is 0. The van der Waals surface area contributed by atoms with Crippen LogP contribution in [0.2, 0.25) is 0 Å². The maximum absolute atomic E-state index is 5.68. The third-order valence-corrected chi connectivity index (χ3v) is 2.37. The smallest absolute Gasteiger partial charge is 0.188 e. The van der Waals surface area contributed by atoms with Gasteiger partial charge in [0, 0.05) is 18.7 Å². The molecule has 0 aliphatic heterocycles. The minimum absolute atomic E-state index is 0.508. The van der Waals surface area contributed by atoms with Crippen molar-refractivity contribution in [2.45, 2.75) is 33.6 Å². The number of aliphatic imine (C=N–C) groups is 1. The van der Waals surface area contributed by atoms with Crippen molar-refractivity contribution in [3.8, 4) is 0 Å². The first-order valence-corrected chi connectivity index (χ1v) is 5.60. The topological polar surface area (TPSA) is 76.4 Å². The molecule has 0 radical (unpaired) electrons. The Bertz CT molecular complexity index is 337. The molecule has 5 heteroatoms. The van der Waals surface area contributed by atoms with E-state index in [9.17, 15) is 0 Å². The zero-order valence-corrected chi connectivity index (χ0v) is 10.2. The number of hydrogen-bond acceptors (Lipinski definition) is 3. The fourth-order valence-corrected chi connectivity index (χ4v) is 1.46. The molecule has 16 heavy (non-hydrogen) atoms. The van der Waals surface area contributed by atoms with E-state index in [0.29, 0.717) is 5.96 Å². The fourth-order valence-electron chi connectivity index (χ4n) is 1.46. The van der Waals surface area contributed by atoms with Gasteiger partial charge in [-0.05, 0) is 26.7 Å². The highest BCUT2D eigenvalue weighted by Crippen LogP contribution is 2.11. The molecule has 0 amide bonds. The van der Waals surface area contributed by atoms with E-state index in [-0.39, 0.29) is 0 Å². The van der Waals surface area contributed by atoms with Crippen LogP contribution >= 0.6 is 0 Å². The molecule has 1 aromatic heterocycles. The van der Waals surface area contributed by atoms with Crippen molar-refractivity contribution in [2.75, 3.05) is 13.1 Å². The van der Waals surface area contributed by atoms with E-state index in [4.69, 9.17) is 10.3 Å². The van der Waals surface area contributed by atoms with Crippen LogP contribution in [0.3, 0.4) is 0 Å². The number of aryl methyl sites for hydroxylation is 2. The lowest BCUT2D eigenvalue weighted by atomic mass is 10.1. The lowest BCUT2D eigenvalue weighted by Gasteiger charge is -2.04. The van der Waals surface area contributed by atoms with Gasteiger partial charge in [0.05, 0.1) is 5.69 Å². The Balaban J connectivity index is 2.36. The van der Waals surface area contributed by atoms with Gasteiger partial charge in [0.15, 0.2) is 5.96 Å². The fraction of sp³-hybridized carbons (Fsp3) is 0.636. The van der Waals surface area contributed by atoms with Gasteiger partial charge in [-0.25, -0.2) is 0 Å². The molecule has 1 heterocycles. The van der Waals surface area contributed by atoms with Crippen LogP contribution in [0.25, 0.3) is 0 Å². The van der Waals surface area contributed by atoms with Gasteiger partial charge in [-0.15, -0.1) is 0 Å². The first kappa shape index (κ1) is 12.5. The van der Waals surface area contributed by atoms with Crippen LogP contribution in [-0.2, 0) is 6.42 Å². The Kier molecular flexibility index (Phi) is 4.82. The maximum atomic E-state index is 5.68. The molecule has 3 N–H and O–H groups in total. The summed E-state index contributed by atoms with van der Waals surface area (Å²) in [5.41, 5.74) is 7.77. The summed E-state index contributed by atoms with van der Waals surface area (Å²) in [4.78, 5) is 4.15. The van der Waals surface area contributed by atoms with Crippen molar-refractivity contribution in [3.63, 3.8) is 0 Å². The zero-order chi connectivity index (χ0) is 12.0. The third-order valence-electron chi connectivity index (χ3n) is 2.37. The number of nitrogens with two attached hydrogens (primary N) is 1. The van der Waals surface area contributed by atoms with Crippen LogP contribution in [0.15, 0.2) is 9.52 Å². The summed E-state index contributed by atoms with van der Waals surface area (Å²) in [6.45, 7) is 7.46. The molecule has 0 atom stereocenters. The Labute approximate surface area is 96.1 Å². The molecular formula is C11H20N4O. The van der Waals surface area contributed by atoms with Gasteiger partial charge >= 0.3 is 0 Å². The van der Waals surface area contributed by atoms with E-state index in [2.05, 4.69) is 22.4 Å². The van der Waals surface area contributed by atoms with Crippen LogP contribution in [0, 0.1) is 13.8 Å². The van der Waals surface area contributed by atoms with Gasteiger partial charge in [-0.2, -0.15) is 0 Å². The molecule has 1 aromatic rings. The first-order valence-electron chi connectivity index (χ1n) is 5.60. The lowest BCUT2D eigenvalue weighted by molar-refractivity contribution is 0.392. The predicted molar refractivity (Wildman–Crippen MR) is 64.5 cm³/mol. The molecule has 0 aliphatic carbocycles. The molecule has 0 unspecified atom stereocenters. The van der Waals surface area contributed by atoms with E-state index in [0.717, 1.165) is 42.9 Å². The van der Waals surface area contributed by atoms with Crippen molar-refractivity contribution in [1.82, 2.24) is 10.5 Å². The monoisotopic (exact) mass is 224 g/mol. The summed E-state index contributed by atoms with van der Waals surface area (Å²) in [6.07, 6.45) is 1.86. The first-order chi connectivity index (χ1) is 7.65. The minimum atomic E-state index is 0.508. The van der Waals surface area contributed by atoms with Crippen molar-refractivity contribution in [3.05, 3.63) is 17.0 Å². The molecule has 90 valence electrons. The molecule has 5 nitrogen and oxygen atoms in total. The van der Waals surface area contributed by atoms with Gasteiger partial charge in [-0.1, -0.05) is 12.1 Å². The van der Waals surface area contributed by atoms with Gasteiger partial charge in [-0.3, -0.25) is 4.99 Å². The van der Waals surface area contributed by atoms with Crippen molar-refractivity contribution in [1.29, 1.82) is 0 Å². The number of hydrogen-bond donors (Lipinski definition) is 2. The molecule has 1 rings (SSSR count). The summed E-state index contributed by atoms with van der Waals surface area (Å²) in [6, 6.07) is 0. The van der Waals surface area contributed by atoms with Crippen LogP contribution in [0.5, 0.6) is 0 Å². The van der Waals surface area contributed by atoms with E-state index >= 15 is 0 Å². The standard InChI is InChI=1S/C11H20N4O/c1-4-6-13-11(12)14-7-5-10-8(2)15-16-9(10)3/h4-7H2,1-3H3,(H3,12,13,14). The van der Waals surface area contributed by atoms with Gasteiger partial charge in [0.1, 0.15) is 5.76 Å². The van der Waals surface area contributed by atoms with Crippen molar-refractivity contribution < 1.29 is 4.52 Å². The number of nitrogens with one attached hydrogen (secondary N) is 1. The molecule has 0 fully saturated rings. The average molecular weight is 224 g/mol. The normalized spacial score (nSPS) is 11.8. The zero-order valence-electron chi connectivity index (χ0n) is 10.2.